The van der Waals surface area contributed by atoms with Crippen molar-refractivity contribution in [3.05, 3.63) is 21.8 Å². The van der Waals surface area contributed by atoms with Crippen LogP contribution in [0.3, 0.4) is 0 Å². The van der Waals surface area contributed by atoms with Gasteiger partial charge >= 0.3 is 0 Å². The Bertz CT molecular complexity index is 409. The summed E-state index contributed by atoms with van der Waals surface area (Å²) in [5, 5.41) is 0.726. The Balaban J connectivity index is 2.08. The lowest BCUT2D eigenvalue weighted by Gasteiger charge is -2.26. The topological polar surface area (TPSA) is 19.4 Å². The van der Waals surface area contributed by atoms with Crippen LogP contribution in [0, 0.1) is 0 Å². The van der Waals surface area contributed by atoms with E-state index in [-0.39, 0.29) is 0 Å². The van der Waals surface area contributed by atoms with Crippen LogP contribution in [0.4, 0.5) is 5.82 Å². The van der Waals surface area contributed by atoms with E-state index in [2.05, 4.69) is 44.6 Å². The Labute approximate surface area is 122 Å². The second-order valence-corrected chi connectivity index (χ2v) is 5.89. The van der Waals surface area contributed by atoms with Crippen molar-refractivity contribution in [1.29, 1.82) is 0 Å². The maximum atomic E-state index is 6.26. The number of hydrogen-bond acceptors (Lipinski definition) is 3. The largest absolute Gasteiger partial charge is 0.354 e. The number of rotatable bonds is 4. The van der Waals surface area contributed by atoms with Crippen LogP contribution in [0.1, 0.15) is 20.3 Å². The fourth-order valence-corrected chi connectivity index (χ4v) is 3.36. The van der Waals surface area contributed by atoms with Gasteiger partial charge in [-0.25, -0.2) is 4.98 Å². The van der Waals surface area contributed by atoms with E-state index in [1.807, 2.05) is 12.3 Å². The van der Waals surface area contributed by atoms with Crippen molar-refractivity contribution in [1.82, 2.24) is 9.88 Å². The molecule has 2 heterocycles. The van der Waals surface area contributed by atoms with Gasteiger partial charge in [-0.1, -0.05) is 25.4 Å². The van der Waals surface area contributed by atoms with Gasteiger partial charge in [-0.3, -0.25) is 4.90 Å². The van der Waals surface area contributed by atoms with Crippen LogP contribution in [0.15, 0.2) is 16.7 Å². The molecule has 0 spiro atoms. The normalized spacial score (nSPS) is 19.8. The highest BCUT2D eigenvalue weighted by Gasteiger charge is 2.27. The molecule has 1 aromatic heterocycles. The van der Waals surface area contributed by atoms with E-state index in [0.29, 0.717) is 6.04 Å². The maximum Gasteiger partial charge on any atom is 0.147 e. The first kappa shape index (κ1) is 14.1. The Morgan fingerprint density at radius 3 is 2.83 bits per heavy atom. The lowest BCUT2D eigenvalue weighted by Crippen LogP contribution is -2.37. The molecule has 1 aliphatic rings. The molecule has 0 aliphatic carbocycles. The Morgan fingerprint density at radius 1 is 1.50 bits per heavy atom. The molecule has 100 valence electrons. The average Bonchev–Trinajstić information content (AvgIpc) is 2.80. The predicted octanol–water partition coefficient (Wildman–Crippen LogP) is 3.42. The van der Waals surface area contributed by atoms with Gasteiger partial charge in [-0.05, 0) is 41.5 Å². The summed E-state index contributed by atoms with van der Waals surface area (Å²) >= 11 is 9.65. The van der Waals surface area contributed by atoms with Gasteiger partial charge < -0.3 is 4.90 Å². The van der Waals surface area contributed by atoms with E-state index >= 15 is 0 Å². The molecule has 5 heteroatoms. The summed E-state index contributed by atoms with van der Waals surface area (Å²) in [6, 6.07) is 2.54. The highest BCUT2D eigenvalue weighted by molar-refractivity contribution is 9.10. The third-order valence-corrected chi connectivity index (χ3v) is 4.29. The fourth-order valence-electron chi connectivity index (χ4n) is 2.61. The molecule has 1 aromatic rings. The van der Waals surface area contributed by atoms with Gasteiger partial charge in [-0.15, -0.1) is 0 Å². The molecule has 1 saturated heterocycles. The molecule has 1 fully saturated rings. The van der Waals surface area contributed by atoms with E-state index in [0.717, 1.165) is 41.5 Å². The van der Waals surface area contributed by atoms with Crippen LogP contribution < -0.4 is 4.90 Å². The number of aromatic nitrogens is 1. The quantitative estimate of drug-likeness (QED) is 0.842. The summed E-state index contributed by atoms with van der Waals surface area (Å²) in [5.74, 6) is 0.912. The van der Waals surface area contributed by atoms with E-state index in [4.69, 9.17) is 11.6 Å². The molecule has 0 aromatic carbocycles. The summed E-state index contributed by atoms with van der Waals surface area (Å²) in [7, 11) is 0. The van der Waals surface area contributed by atoms with Crippen molar-refractivity contribution in [3.8, 4) is 0 Å². The number of anilines is 1. The molecule has 1 unspecified atom stereocenters. The monoisotopic (exact) mass is 331 g/mol. The number of likely N-dealkylation sites (N-methyl/N-ethyl adjacent to an activating group) is 1. The zero-order chi connectivity index (χ0) is 13.1. The predicted molar refractivity (Wildman–Crippen MR) is 80.5 cm³/mol. The van der Waals surface area contributed by atoms with Gasteiger partial charge in [0, 0.05) is 29.8 Å². The molecular weight excluding hydrogens is 314 g/mol. The van der Waals surface area contributed by atoms with Crippen molar-refractivity contribution in [2.75, 3.05) is 31.1 Å². The fraction of sp³-hybridized carbons (Fsp3) is 0.615. The van der Waals surface area contributed by atoms with Gasteiger partial charge in [0.25, 0.3) is 0 Å². The van der Waals surface area contributed by atoms with Crippen LogP contribution in [0.2, 0.25) is 5.02 Å². The average molecular weight is 333 g/mol. The van der Waals surface area contributed by atoms with Crippen LogP contribution in [-0.4, -0.2) is 42.1 Å². The van der Waals surface area contributed by atoms with Gasteiger partial charge in [0.2, 0.25) is 0 Å². The molecule has 0 saturated carbocycles. The van der Waals surface area contributed by atoms with E-state index in [1.54, 1.807) is 0 Å². The molecule has 0 bridgehead atoms. The number of halogens is 2. The van der Waals surface area contributed by atoms with Crippen LogP contribution >= 0.6 is 27.5 Å². The van der Waals surface area contributed by atoms with Gasteiger partial charge in [0.05, 0.1) is 5.02 Å². The molecule has 0 amide bonds. The third-order valence-electron chi connectivity index (χ3n) is 3.58. The summed E-state index contributed by atoms with van der Waals surface area (Å²) in [5.41, 5.74) is 0. The summed E-state index contributed by atoms with van der Waals surface area (Å²) in [6.07, 6.45) is 3.00. The van der Waals surface area contributed by atoms with E-state index in [9.17, 15) is 0 Å². The van der Waals surface area contributed by atoms with Crippen molar-refractivity contribution < 1.29 is 0 Å². The number of pyridine rings is 1. The minimum Gasteiger partial charge on any atom is -0.354 e. The first-order valence-electron chi connectivity index (χ1n) is 6.45. The lowest BCUT2D eigenvalue weighted by atomic mass is 10.2. The number of hydrogen-bond donors (Lipinski definition) is 0. The molecule has 1 aliphatic heterocycles. The van der Waals surface area contributed by atoms with E-state index < -0.39 is 0 Å². The highest BCUT2D eigenvalue weighted by Crippen LogP contribution is 2.29. The van der Waals surface area contributed by atoms with Gasteiger partial charge in [0.15, 0.2) is 0 Å². The molecule has 0 radical (unpaired) electrons. The molecule has 2 rings (SSSR count). The second kappa shape index (κ2) is 6.22. The third kappa shape index (κ3) is 2.98. The summed E-state index contributed by atoms with van der Waals surface area (Å²) in [4.78, 5) is 9.23. The van der Waals surface area contributed by atoms with E-state index in [1.165, 1.54) is 6.42 Å². The highest BCUT2D eigenvalue weighted by atomic mass is 79.9. The minimum absolute atomic E-state index is 0.626. The molecular formula is C13H19BrClN3. The van der Waals surface area contributed by atoms with Crippen molar-refractivity contribution in [2.45, 2.75) is 26.3 Å². The first-order chi connectivity index (χ1) is 8.65. The van der Waals surface area contributed by atoms with Crippen molar-refractivity contribution in [2.24, 2.45) is 0 Å². The zero-order valence-corrected chi connectivity index (χ0v) is 13.2. The minimum atomic E-state index is 0.626. The Kier molecular flexibility index (Phi) is 4.87. The van der Waals surface area contributed by atoms with Crippen molar-refractivity contribution in [3.63, 3.8) is 0 Å². The smallest absolute Gasteiger partial charge is 0.147 e. The van der Waals surface area contributed by atoms with Crippen molar-refractivity contribution >= 4 is 33.3 Å². The molecule has 1 atom stereocenters. The van der Waals surface area contributed by atoms with Gasteiger partial charge in [0.1, 0.15) is 5.82 Å². The molecule has 0 N–H and O–H groups in total. The Hall–Kier alpha value is -0.320. The molecule has 3 nitrogen and oxygen atoms in total. The molecule has 18 heavy (non-hydrogen) atoms. The van der Waals surface area contributed by atoms with Crippen LogP contribution in [0.25, 0.3) is 0 Å². The standard InChI is InChI=1S/C13H19BrClN3/c1-3-17(4-2)11-5-6-18(9-11)13-12(15)7-10(14)8-16-13/h7-8,11H,3-6,9H2,1-2H3. The first-order valence-corrected chi connectivity index (χ1v) is 7.62. The second-order valence-electron chi connectivity index (χ2n) is 4.57. The van der Waals surface area contributed by atoms with Gasteiger partial charge in [-0.2, -0.15) is 0 Å². The summed E-state index contributed by atoms with van der Waals surface area (Å²) < 4.78 is 0.927. The SMILES string of the molecule is CCN(CC)C1CCN(c2ncc(Br)cc2Cl)C1. The Morgan fingerprint density at radius 2 is 2.22 bits per heavy atom. The zero-order valence-electron chi connectivity index (χ0n) is 10.9. The summed E-state index contributed by atoms with van der Waals surface area (Å²) in [6.45, 7) is 8.71. The van der Waals surface area contributed by atoms with Crippen LogP contribution in [0.5, 0.6) is 0 Å². The lowest BCUT2D eigenvalue weighted by molar-refractivity contribution is 0.232. The van der Waals surface area contributed by atoms with Crippen LogP contribution in [-0.2, 0) is 0 Å². The number of nitrogens with zero attached hydrogens (tertiary/aromatic N) is 3. The maximum absolute atomic E-state index is 6.26.